The molecular formula is C17H14ClNO2S. The van der Waals surface area contributed by atoms with E-state index in [2.05, 4.69) is 4.98 Å². The van der Waals surface area contributed by atoms with Crippen LogP contribution in [0.5, 0.6) is 0 Å². The molecule has 5 heteroatoms. The fraction of sp³-hybridized carbons (Fsp3) is 0.118. The molecule has 3 rings (SSSR count). The molecule has 0 atom stereocenters. The Morgan fingerprint density at radius 2 is 2.00 bits per heavy atom. The van der Waals surface area contributed by atoms with E-state index in [0.29, 0.717) is 10.8 Å². The van der Waals surface area contributed by atoms with Crippen molar-refractivity contribution in [1.82, 2.24) is 4.98 Å². The largest absolute Gasteiger partial charge is 0.481 e. The maximum absolute atomic E-state index is 10.7. The molecule has 0 saturated carbocycles. The van der Waals surface area contributed by atoms with Gasteiger partial charge in [-0.15, -0.1) is 11.8 Å². The number of benzene rings is 2. The molecular weight excluding hydrogens is 318 g/mol. The molecule has 3 aromatic rings. The summed E-state index contributed by atoms with van der Waals surface area (Å²) >= 11 is 7.97. The molecule has 0 fully saturated rings. The smallest absolute Gasteiger partial charge is 0.304 e. The van der Waals surface area contributed by atoms with Crippen LogP contribution in [-0.4, -0.2) is 21.8 Å². The quantitative estimate of drug-likeness (QED) is 0.643. The lowest BCUT2D eigenvalue weighted by molar-refractivity contribution is -0.136. The van der Waals surface area contributed by atoms with Gasteiger partial charge in [0.15, 0.2) is 0 Å². The van der Waals surface area contributed by atoms with E-state index in [4.69, 9.17) is 16.7 Å². The number of carbonyl (C=O) groups is 1. The molecule has 22 heavy (non-hydrogen) atoms. The zero-order valence-corrected chi connectivity index (χ0v) is 13.2. The first-order valence-corrected chi connectivity index (χ1v) is 8.23. The molecule has 0 aliphatic heterocycles. The number of fused-ring (bicyclic) bond motifs is 1. The van der Waals surface area contributed by atoms with Crippen molar-refractivity contribution in [2.45, 2.75) is 11.3 Å². The Bertz CT molecular complexity index is 828. The van der Waals surface area contributed by atoms with Gasteiger partial charge in [0.05, 0.1) is 6.42 Å². The molecule has 2 N–H and O–H groups in total. The van der Waals surface area contributed by atoms with Crippen molar-refractivity contribution in [3.8, 4) is 11.1 Å². The lowest BCUT2D eigenvalue weighted by Gasteiger charge is -2.12. The van der Waals surface area contributed by atoms with Gasteiger partial charge in [-0.1, -0.05) is 29.8 Å². The van der Waals surface area contributed by atoms with Gasteiger partial charge in [-0.2, -0.15) is 0 Å². The molecule has 0 bridgehead atoms. The van der Waals surface area contributed by atoms with Crippen LogP contribution in [0.25, 0.3) is 22.0 Å². The van der Waals surface area contributed by atoms with Crippen LogP contribution >= 0.6 is 23.4 Å². The predicted octanol–water partition coefficient (Wildman–Crippen LogP) is 5.06. The average molecular weight is 332 g/mol. The number of carboxylic acids is 1. The lowest BCUT2D eigenvalue weighted by atomic mass is 10.0. The van der Waals surface area contributed by atoms with Crippen molar-refractivity contribution in [1.29, 1.82) is 0 Å². The summed E-state index contributed by atoms with van der Waals surface area (Å²) in [6.07, 6.45) is 2.03. The standard InChI is InChI=1S/C17H14ClNO2S/c18-13-5-6-14-11(7-9-19-14)17(13)12-3-1-2-4-15(12)22-10-8-16(20)21/h1-7,9,19H,8,10H2,(H,20,21). The molecule has 2 aromatic carbocycles. The van der Waals surface area contributed by atoms with Crippen LogP contribution in [0.2, 0.25) is 5.02 Å². The summed E-state index contributed by atoms with van der Waals surface area (Å²) < 4.78 is 0. The highest BCUT2D eigenvalue weighted by atomic mass is 35.5. The summed E-state index contributed by atoms with van der Waals surface area (Å²) in [7, 11) is 0. The van der Waals surface area contributed by atoms with Crippen LogP contribution in [0.3, 0.4) is 0 Å². The van der Waals surface area contributed by atoms with Gasteiger partial charge in [0.2, 0.25) is 0 Å². The molecule has 1 heterocycles. The first-order valence-electron chi connectivity index (χ1n) is 6.86. The van der Waals surface area contributed by atoms with Crippen molar-refractivity contribution in [2.24, 2.45) is 0 Å². The first kappa shape index (κ1) is 15.0. The fourth-order valence-electron chi connectivity index (χ4n) is 2.43. The highest BCUT2D eigenvalue weighted by Crippen LogP contribution is 2.39. The van der Waals surface area contributed by atoms with Crippen molar-refractivity contribution >= 4 is 40.2 Å². The van der Waals surface area contributed by atoms with Gasteiger partial charge in [0, 0.05) is 38.3 Å². The zero-order chi connectivity index (χ0) is 15.5. The Morgan fingerprint density at radius 3 is 2.82 bits per heavy atom. The maximum atomic E-state index is 10.7. The molecule has 0 aliphatic carbocycles. The van der Waals surface area contributed by atoms with Gasteiger partial charge in [-0.3, -0.25) is 4.79 Å². The summed E-state index contributed by atoms with van der Waals surface area (Å²) in [6, 6.07) is 13.8. The van der Waals surface area contributed by atoms with E-state index in [1.807, 2.05) is 48.7 Å². The Kier molecular flexibility index (Phi) is 4.41. The van der Waals surface area contributed by atoms with Crippen LogP contribution in [-0.2, 0) is 4.79 Å². The summed E-state index contributed by atoms with van der Waals surface area (Å²) in [6.45, 7) is 0. The third-order valence-electron chi connectivity index (χ3n) is 3.41. The van der Waals surface area contributed by atoms with Gasteiger partial charge in [-0.25, -0.2) is 0 Å². The van der Waals surface area contributed by atoms with E-state index in [1.54, 1.807) is 11.8 Å². The van der Waals surface area contributed by atoms with Crippen LogP contribution in [0.4, 0.5) is 0 Å². The maximum Gasteiger partial charge on any atom is 0.304 e. The number of nitrogens with one attached hydrogen (secondary N) is 1. The molecule has 0 spiro atoms. The minimum absolute atomic E-state index is 0.140. The third kappa shape index (κ3) is 2.98. The number of rotatable bonds is 5. The Labute approximate surface area is 137 Å². The second-order valence-corrected chi connectivity index (χ2v) is 6.39. The number of H-pyrrole nitrogens is 1. The molecule has 3 nitrogen and oxygen atoms in total. The topological polar surface area (TPSA) is 53.1 Å². The highest BCUT2D eigenvalue weighted by molar-refractivity contribution is 7.99. The monoisotopic (exact) mass is 331 g/mol. The molecule has 112 valence electrons. The van der Waals surface area contributed by atoms with Gasteiger partial charge >= 0.3 is 5.97 Å². The normalized spacial score (nSPS) is 11.0. The first-order chi connectivity index (χ1) is 10.7. The van der Waals surface area contributed by atoms with Crippen molar-refractivity contribution < 1.29 is 9.90 Å². The molecule has 0 aliphatic rings. The number of aromatic nitrogens is 1. The Hall–Kier alpha value is -1.91. The number of aromatic amines is 1. The minimum Gasteiger partial charge on any atom is -0.481 e. The zero-order valence-electron chi connectivity index (χ0n) is 11.7. The van der Waals surface area contributed by atoms with Crippen molar-refractivity contribution in [3.63, 3.8) is 0 Å². The molecule has 0 radical (unpaired) electrons. The number of hydrogen-bond acceptors (Lipinski definition) is 2. The number of carboxylic acid groups (broad SMARTS) is 1. The summed E-state index contributed by atoms with van der Waals surface area (Å²) in [5, 5.41) is 10.6. The van der Waals surface area contributed by atoms with E-state index in [1.165, 1.54) is 0 Å². The third-order valence-corrected chi connectivity index (χ3v) is 4.80. The van der Waals surface area contributed by atoms with Gasteiger partial charge < -0.3 is 10.1 Å². The Balaban J connectivity index is 2.05. The van der Waals surface area contributed by atoms with Gasteiger partial charge in [0.25, 0.3) is 0 Å². The lowest BCUT2D eigenvalue weighted by Crippen LogP contribution is -1.96. The predicted molar refractivity (Wildman–Crippen MR) is 91.7 cm³/mol. The molecule has 0 amide bonds. The van der Waals surface area contributed by atoms with E-state index in [9.17, 15) is 4.79 Å². The second-order valence-electron chi connectivity index (χ2n) is 4.85. The Morgan fingerprint density at radius 1 is 1.18 bits per heavy atom. The minimum atomic E-state index is -0.782. The second kappa shape index (κ2) is 6.46. The van der Waals surface area contributed by atoms with Crippen LogP contribution in [0, 0.1) is 0 Å². The summed E-state index contributed by atoms with van der Waals surface area (Å²) in [4.78, 5) is 14.9. The molecule has 0 saturated heterocycles. The van der Waals surface area contributed by atoms with Gasteiger partial charge in [-0.05, 0) is 29.8 Å². The van der Waals surface area contributed by atoms with Crippen LogP contribution < -0.4 is 0 Å². The van der Waals surface area contributed by atoms with Crippen LogP contribution in [0.1, 0.15) is 6.42 Å². The summed E-state index contributed by atoms with van der Waals surface area (Å²) in [5.41, 5.74) is 3.05. The number of hydrogen-bond donors (Lipinski definition) is 2. The highest BCUT2D eigenvalue weighted by Gasteiger charge is 2.13. The number of aliphatic carboxylic acids is 1. The van der Waals surface area contributed by atoms with Crippen molar-refractivity contribution in [2.75, 3.05) is 5.75 Å². The fourth-order valence-corrected chi connectivity index (χ4v) is 3.69. The van der Waals surface area contributed by atoms with E-state index in [0.717, 1.165) is 26.9 Å². The number of thioether (sulfide) groups is 1. The molecule has 0 unspecified atom stereocenters. The van der Waals surface area contributed by atoms with Crippen LogP contribution in [0.15, 0.2) is 53.6 Å². The molecule has 1 aromatic heterocycles. The van der Waals surface area contributed by atoms with Crippen molar-refractivity contribution in [3.05, 3.63) is 53.7 Å². The van der Waals surface area contributed by atoms with Gasteiger partial charge in [0.1, 0.15) is 0 Å². The van der Waals surface area contributed by atoms with E-state index >= 15 is 0 Å². The SMILES string of the molecule is O=C(O)CCSc1ccccc1-c1c(Cl)ccc2[nH]ccc12. The average Bonchev–Trinajstić information content (AvgIpc) is 2.96. The summed E-state index contributed by atoms with van der Waals surface area (Å²) in [5.74, 6) is -0.247. The van der Waals surface area contributed by atoms with E-state index < -0.39 is 5.97 Å². The van der Waals surface area contributed by atoms with E-state index in [-0.39, 0.29) is 6.42 Å². The number of halogens is 1.